The molecule has 0 radical (unpaired) electrons. The fraction of sp³-hybridized carbons (Fsp3) is 0.364. The average Bonchev–Trinajstić information content (AvgIpc) is 2.36. The summed E-state index contributed by atoms with van der Waals surface area (Å²) in [6.45, 7) is 1.92. The molecule has 1 aromatic rings. The van der Waals surface area contributed by atoms with Crippen LogP contribution in [0.3, 0.4) is 0 Å². The fourth-order valence-electron chi connectivity index (χ4n) is 1.64. The summed E-state index contributed by atoms with van der Waals surface area (Å²) in [5, 5.41) is 11.4. The Morgan fingerprint density at radius 3 is 2.38 bits per heavy atom. The summed E-state index contributed by atoms with van der Waals surface area (Å²) in [6.07, 6.45) is 0.0926. The van der Waals surface area contributed by atoms with Crippen molar-refractivity contribution in [3.05, 3.63) is 26.7 Å². The van der Waals surface area contributed by atoms with Gasteiger partial charge in [-0.3, -0.25) is 0 Å². The van der Waals surface area contributed by atoms with Gasteiger partial charge < -0.3 is 10.9 Å². The van der Waals surface area contributed by atoms with Crippen molar-refractivity contribution in [1.29, 1.82) is 0 Å². The lowest BCUT2D eigenvalue weighted by molar-refractivity contribution is 0.315. The average molecular weight is 419 g/mol. The number of amidine groups is 1. The van der Waals surface area contributed by atoms with Gasteiger partial charge in [-0.1, -0.05) is 51.2 Å². The third-order valence-corrected chi connectivity index (χ3v) is 6.01. The van der Waals surface area contributed by atoms with Gasteiger partial charge in [-0.15, -0.1) is 0 Å². The van der Waals surface area contributed by atoms with Crippen LogP contribution >= 0.6 is 39.1 Å². The minimum absolute atomic E-state index is 0.0247. The molecule has 0 saturated heterocycles. The lowest BCUT2D eigenvalue weighted by Gasteiger charge is -2.21. The molecule has 6 nitrogen and oxygen atoms in total. The maximum absolute atomic E-state index is 12.6. The molecule has 0 spiro atoms. The highest BCUT2D eigenvalue weighted by Crippen LogP contribution is 2.34. The Bertz CT molecular complexity index is 629. The van der Waals surface area contributed by atoms with Crippen LogP contribution in [0.2, 0.25) is 10.0 Å². The number of halogens is 3. The van der Waals surface area contributed by atoms with E-state index >= 15 is 0 Å². The number of nitrogens with zero attached hydrogens (tertiary/aromatic N) is 2. The molecule has 118 valence electrons. The minimum atomic E-state index is -3.88. The van der Waals surface area contributed by atoms with Gasteiger partial charge in [0.05, 0.1) is 10.0 Å². The van der Waals surface area contributed by atoms with E-state index in [1.54, 1.807) is 6.92 Å². The summed E-state index contributed by atoms with van der Waals surface area (Å²) in [7, 11) is -3.88. The van der Waals surface area contributed by atoms with Gasteiger partial charge in [-0.2, -0.15) is 4.31 Å². The summed E-state index contributed by atoms with van der Waals surface area (Å²) in [5.41, 5.74) is 5.36. The Morgan fingerprint density at radius 2 is 1.95 bits per heavy atom. The molecule has 0 aliphatic rings. The quantitative estimate of drug-likeness (QED) is 0.321. The molecule has 0 unspecified atom stereocenters. The summed E-state index contributed by atoms with van der Waals surface area (Å²) < 4.78 is 27.0. The van der Waals surface area contributed by atoms with Crippen LogP contribution in [0.4, 0.5) is 0 Å². The molecule has 0 aliphatic heterocycles. The Hall–Kier alpha value is -0.540. The van der Waals surface area contributed by atoms with Gasteiger partial charge in [0.1, 0.15) is 10.7 Å². The second-order valence-electron chi connectivity index (χ2n) is 4.04. The van der Waals surface area contributed by atoms with Gasteiger partial charge in [0.2, 0.25) is 10.0 Å². The first-order valence-corrected chi connectivity index (χ1v) is 8.84. The molecule has 0 atom stereocenters. The zero-order chi connectivity index (χ0) is 16.2. The van der Waals surface area contributed by atoms with Crippen LogP contribution in [-0.2, 0) is 10.0 Å². The molecule has 0 amide bonds. The van der Waals surface area contributed by atoms with Crippen molar-refractivity contribution in [3.63, 3.8) is 0 Å². The van der Waals surface area contributed by atoms with Gasteiger partial charge in [-0.25, -0.2) is 8.42 Å². The van der Waals surface area contributed by atoms with E-state index < -0.39 is 10.0 Å². The van der Waals surface area contributed by atoms with Gasteiger partial charge in [0, 0.05) is 24.0 Å². The number of hydrogen-bond donors (Lipinski definition) is 2. The fourth-order valence-corrected chi connectivity index (χ4v) is 4.98. The molecule has 1 rings (SSSR count). The van der Waals surface area contributed by atoms with E-state index in [1.165, 1.54) is 12.1 Å². The number of hydrogen-bond acceptors (Lipinski definition) is 4. The predicted octanol–water partition coefficient (Wildman–Crippen LogP) is 2.90. The summed E-state index contributed by atoms with van der Waals surface area (Å²) >= 11 is 15.2. The van der Waals surface area contributed by atoms with Crippen molar-refractivity contribution >= 4 is 55.0 Å². The summed E-state index contributed by atoms with van der Waals surface area (Å²) in [4.78, 5) is -0.157. The smallest absolute Gasteiger partial charge is 0.246 e. The highest BCUT2D eigenvalue weighted by Gasteiger charge is 2.28. The number of nitrogens with two attached hydrogens (primary N) is 1. The number of rotatable bonds is 6. The molecular formula is C11H14BrCl2N3O3S. The van der Waals surface area contributed by atoms with Crippen LogP contribution in [0.1, 0.15) is 13.3 Å². The highest BCUT2D eigenvalue weighted by molar-refractivity contribution is 9.10. The molecule has 0 aromatic heterocycles. The summed E-state index contributed by atoms with van der Waals surface area (Å²) in [5.74, 6) is -0.0587. The Morgan fingerprint density at radius 1 is 1.43 bits per heavy atom. The SMILES string of the molecule is CCN(CCC(N)=NO)S(=O)(=O)c1c(Cl)cc(Br)cc1Cl. The molecule has 1 aromatic carbocycles. The van der Waals surface area contributed by atoms with Crippen LogP contribution in [0.5, 0.6) is 0 Å². The van der Waals surface area contributed by atoms with Crippen LogP contribution in [0.25, 0.3) is 0 Å². The normalized spacial score (nSPS) is 12.9. The number of sulfonamides is 1. The van der Waals surface area contributed by atoms with Crippen molar-refractivity contribution in [1.82, 2.24) is 4.31 Å². The molecule has 0 heterocycles. The third kappa shape index (κ3) is 4.46. The van der Waals surface area contributed by atoms with E-state index in [4.69, 9.17) is 34.1 Å². The van der Waals surface area contributed by atoms with Gasteiger partial charge >= 0.3 is 0 Å². The minimum Gasteiger partial charge on any atom is -0.409 e. The van der Waals surface area contributed by atoms with Crippen molar-refractivity contribution in [3.8, 4) is 0 Å². The monoisotopic (exact) mass is 417 g/mol. The van der Waals surface area contributed by atoms with E-state index in [1.807, 2.05) is 0 Å². The molecule has 21 heavy (non-hydrogen) atoms. The number of oxime groups is 1. The number of benzene rings is 1. The first-order valence-electron chi connectivity index (χ1n) is 5.85. The lowest BCUT2D eigenvalue weighted by atomic mass is 10.4. The van der Waals surface area contributed by atoms with Crippen LogP contribution < -0.4 is 5.73 Å². The molecule has 3 N–H and O–H groups in total. The van der Waals surface area contributed by atoms with E-state index in [-0.39, 0.29) is 40.3 Å². The van der Waals surface area contributed by atoms with Crippen molar-refractivity contribution in [2.45, 2.75) is 18.2 Å². The van der Waals surface area contributed by atoms with E-state index in [0.717, 1.165) is 4.31 Å². The third-order valence-electron chi connectivity index (χ3n) is 2.66. The van der Waals surface area contributed by atoms with Gasteiger partial charge in [0.25, 0.3) is 0 Å². The first-order chi connectivity index (χ1) is 9.73. The molecule has 10 heteroatoms. The predicted molar refractivity (Wildman–Crippen MR) is 86.6 cm³/mol. The van der Waals surface area contributed by atoms with Crippen molar-refractivity contribution < 1.29 is 13.6 Å². The lowest BCUT2D eigenvalue weighted by Crippen LogP contribution is -2.34. The second kappa shape index (κ2) is 7.64. The second-order valence-corrected chi connectivity index (χ2v) is 7.64. The first kappa shape index (κ1) is 18.5. The Labute approximate surface area is 141 Å². The zero-order valence-corrected chi connectivity index (χ0v) is 15.0. The van der Waals surface area contributed by atoms with Crippen molar-refractivity contribution in [2.24, 2.45) is 10.9 Å². The zero-order valence-electron chi connectivity index (χ0n) is 11.1. The topological polar surface area (TPSA) is 96.0 Å². The van der Waals surface area contributed by atoms with Crippen LogP contribution in [0.15, 0.2) is 26.7 Å². The largest absolute Gasteiger partial charge is 0.409 e. The van der Waals surface area contributed by atoms with E-state index in [0.29, 0.717) is 4.47 Å². The van der Waals surface area contributed by atoms with Crippen LogP contribution in [0, 0.1) is 0 Å². The van der Waals surface area contributed by atoms with E-state index in [2.05, 4.69) is 21.1 Å². The highest BCUT2D eigenvalue weighted by atomic mass is 79.9. The van der Waals surface area contributed by atoms with Gasteiger partial charge in [0.15, 0.2) is 0 Å². The van der Waals surface area contributed by atoms with E-state index in [9.17, 15) is 8.42 Å². The maximum atomic E-state index is 12.6. The van der Waals surface area contributed by atoms with Gasteiger partial charge in [-0.05, 0) is 12.1 Å². The van der Waals surface area contributed by atoms with Crippen molar-refractivity contribution in [2.75, 3.05) is 13.1 Å². The molecule has 0 fully saturated rings. The molecular weight excluding hydrogens is 405 g/mol. The standard InChI is InChI=1S/C11H14BrCl2N3O3S/c1-2-17(4-3-10(15)16-18)21(19,20)11-8(13)5-7(12)6-9(11)14/h5-6,18H,2-4H2,1H3,(H2,15,16). The molecule has 0 bridgehead atoms. The summed E-state index contributed by atoms with van der Waals surface area (Å²) in [6, 6.07) is 2.91. The molecule has 0 aliphatic carbocycles. The van der Waals surface area contributed by atoms with Crippen LogP contribution in [-0.4, -0.2) is 36.9 Å². The Kier molecular flexibility index (Phi) is 6.73. The molecule has 0 saturated carbocycles. The Balaban J connectivity index is 3.19. The maximum Gasteiger partial charge on any atom is 0.246 e.